The number of allylic oxidation sites excluding steroid dienone is 1. The summed E-state index contributed by atoms with van der Waals surface area (Å²) in [5.41, 5.74) is -0.668. The summed E-state index contributed by atoms with van der Waals surface area (Å²) in [7, 11) is 0. The van der Waals surface area contributed by atoms with Gasteiger partial charge in [0.05, 0.1) is 0 Å². The van der Waals surface area contributed by atoms with Gasteiger partial charge in [-0.15, -0.1) is 0 Å². The number of hydrogen-bond acceptors (Lipinski definition) is 2. The summed E-state index contributed by atoms with van der Waals surface area (Å²) in [6.07, 6.45) is 3.02. The predicted molar refractivity (Wildman–Crippen MR) is 36.6 cm³/mol. The summed E-state index contributed by atoms with van der Waals surface area (Å²) in [5.74, 6) is -1.03. The molecule has 0 bridgehead atoms. The molecule has 0 amide bonds. The fourth-order valence-corrected chi connectivity index (χ4v) is 0.325. The molecule has 1 N–H and O–H groups in total. The minimum atomic E-state index is -1.03. The number of carbonyl (C=O) groups excluding carboxylic acids is 1. The number of aldehydes is 1. The van der Waals surface area contributed by atoms with E-state index >= 15 is 0 Å². The van der Waals surface area contributed by atoms with E-state index in [2.05, 4.69) is 0 Å². The lowest BCUT2D eigenvalue weighted by molar-refractivity contribution is -0.131. The fraction of sp³-hybridized carbons (Fsp3) is 0.429. The van der Waals surface area contributed by atoms with Crippen molar-refractivity contribution in [3.05, 3.63) is 12.2 Å². The lowest BCUT2D eigenvalue weighted by Crippen LogP contribution is -2.09. The molecule has 0 unspecified atom stereocenters. The van der Waals surface area contributed by atoms with Gasteiger partial charge in [0.2, 0.25) is 0 Å². The van der Waals surface area contributed by atoms with Crippen LogP contribution in [0.5, 0.6) is 0 Å². The van der Waals surface area contributed by atoms with Crippen LogP contribution in [0.3, 0.4) is 0 Å². The third-order valence-electron chi connectivity index (χ3n) is 0.959. The van der Waals surface area contributed by atoms with E-state index in [-0.39, 0.29) is 0 Å². The second kappa shape index (κ2) is 3.15. The van der Waals surface area contributed by atoms with Gasteiger partial charge in [-0.2, -0.15) is 0 Å². The third-order valence-corrected chi connectivity index (χ3v) is 0.959. The zero-order valence-corrected chi connectivity index (χ0v) is 6.00. The molecule has 0 heterocycles. The van der Waals surface area contributed by atoms with E-state index in [1.165, 1.54) is 6.08 Å². The smallest absolute Gasteiger partial charge is 0.328 e. The molecule has 0 atom stereocenters. The van der Waals surface area contributed by atoms with Crippen LogP contribution in [0, 0.1) is 5.41 Å². The van der Waals surface area contributed by atoms with Gasteiger partial charge < -0.3 is 9.90 Å². The molecule has 0 aliphatic heterocycles. The standard InChI is InChI=1S/C7H10O3/c1-7(2,5-8)4-3-6(9)10/h3-5H,1-2H3,(H,9,10)/b4-3+. The molecule has 0 aliphatic rings. The van der Waals surface area contributed by atoms with E-state index in [0.717, 1.165) is 6.08 Å². The molecule has 0 aromatic heterocycles. The van der Waals surface area contributed by atoms with E-state index in [1.807, 2.05) is 0 Å². The summed E-state index contributed by atoms with van der Waals surface area (Å²) in [5, 5.41) is 8.17. The first-order chi connectivity index (χ1) is 4.48. The SMILES string of the molecule is CC(C)(C=O)/C=C/C(=O)O. The van der Waals surface area contributed by atoms with Gasteiger partial charge in [-0.1, -0.05) is 6.08 Å². The summed E-state index contributed by atoms with van der Waals surface area (Å²) in [4.78, 5) is 20.2. The Balaban J connectivity index is 4.12. The topological polar surface area (TPSA) is 54.4 Å². The van der Waals surface area contributed by atoms with Crippen molar-refractivity contribution in [1.82, 2.24) is 0 Å². The van der Waals surface area contributed by atoms with Crippen LogP contribution in [0.2, 0.25) is 0 Å². The average molecular weight is 142 g/mol. The molecule has 0 saturated carbocycles. The highest BCUT2D eigenvalue weighted by atomic mass is 16.4. The molecule has 10 heavy (non-hydrogen) atoms. The molecule has 0 aliphatic carbocycles. The minimum absolute atomic E-state index is 0.668. The fourth-order valence-electron chi connectivity index (χ4n) is 0.325. The van der Waals surface area contributed by atoms with Gasteiger partial charge in [0.1, 0.15) is 6.29 Å². The van der Waals surface area contributed by atoms with Gasteiger partial charge in [-0.3, -0.25) is 0 Å². The first-order valence-electron chi connectivity index (χ1n) is 2.86. The largest absolute Gasteiger partial charge is 0.478 e. The highest BCUT2D eigenvalue weighted by molar-refractivity contribution is 5.80. The molecule has 0 rings (SSSR count). The predicted octanol–water partition coefficient (Wildman–Crippen LogP) is 0.852. The first kappa shape index (κ1) is 8.88. The van der Waals surface area contributed by atoms with Crippen LogP contribution in [0.1, 0.15) is 13.8 Å². The Hall–Kier alpha value is -1.12. The Labute approximate surface area is 59.4 Å². The van der Waals surface area contributed by atoms with Crippen LogP contribution in [0.25, 0.3) is 0 Å². The Bertz CT molecular complexity index is 168. The van der Waals surface area contributed by atoms with E-state index in [1.54, 1.807) is 13.8 Å². The Kier molecular flexibility index (Phi) is 2.80. The van der Waals surface area contributed by atoms with E-state index in [0.29, 0.717) is 6.29 Å². The van der Waals surface area contributed by atoms with Crippen molar-refractivity contribution in [2.24, 2.45) is 5.41 Å². The molecule has 0 aromatic rings. The molecule has 56 valence electrons. The summed E-state index contributed by atoms with van der Waals surface area (Å²) >= 11 is 0. The zero-order valence-electron chi connectivity index (χ0n) is 6.00. The minimum Gasteiger partial charge on any atom is -0.478 e. The first-order valence-corrected chi connectivity index (χ1v) is 2.86. The molecule has 3 heteroatoms. The Morgan fingerprint density at radius 2 is 2.00 bits per heavy atom. The summed E-state index contributed by atoms with van der Waals surface area (Å²) < 4.78 is 0. The zero-order chi connectivity index (χ0) is 8.20. The van der Waals surface area contributed by atoms with Crippen molar-refractivity contribution in [1.29, 1.82) is 0 Å². The Morgan fingerprint density at radius 1 is 1.50 bits per heavy atom. The van der Waals surface area contributed by atoms with Gasteiger partial charge in [-0.05, 0) is 13.8 Å². The van der Waals surface area contributed by atoms with E-state index in [9.17, 15) is 9.59 Å². The van der Waals surface area contributed by atoms with Crippen molar-refractivity contribution < 1.29 is 14.7 Å². The number of carbonyl (C=O) groups is 2. The van der Waals surface area contributed by atoms with Crippen molar-refractivity contribution >= 4 is 12.3 Å². The summed E-state index contributed by atoms with van der Waals surface area (Å²) in [6, 6.07) is 0. The molecule has 0 fully saturated rings. The maximum atomic E-state index is 10.2. The number of carboxylic acid groups (broad SMARTS) is 1. The van der Waals surface area contributed by atoms with E-state index in [4.69, 9.17) is 5.11 Å². The maximum absolute atomic E-state index is 10.2. The van der Waals surface area contributed by atoms with Gasteiger partial charge >= 0.3 is 5.97 Å². The summed E-state index contributed by atoms with van der Waals surface area (Å²) in [6.45, 7) is 3.28. The number of carboxylic acids is 1. The molecular weight excluding hydrogens is 132 g/mol. The molecule has 0 radical (unpaired) electrons. The van der Waals surface area contributed by atoms with Gasteiger partial charge in [0, 0.05) is 11.5 Å². The second-order valence-electron chi connectivity index (χ2n) is 2.61. The van der Waals surface area contributed by atoms with Gasteiger partial charge in [-0.25, -0.2) is 4.79 Å². The molecule has 0 aromatic carbocycles. The average Bonchev–Trinajstić information content (AvgIpc) is 1.85. The molecule has 3 nitrogen and oxygen atoms in total. The van der Waals surface area contributed by atoms with Crippen molar-refractivity contribution in [2.75, 3.05) is 0 Å². The van der Waals surface area contributed by atoms with Gasteiger partial charge in [0.25, 0.3) is 0 Å². The van der Waals surface area contributed by atoms with Crippen molar-refractivity contribution in [3.63, 3.8) is 0 Å². The number of hydrogen-bond donors (Lipinski definition) is 1. The van der Waals surface area contributed by atoms with Crippen molar-refractivity contribution in [3.8, 4) is 0 Å². The van der Waals surface area contributed by atoms with Crippen molar-refractivity contribution in [2.45, 2.75) is 13.8 Å². The molecule has 0 spiro atoms. The highest BCUT2D eigenvalue weighted by Crippen LogP contribution is 2.11. The van der Waals surface area contributed by atoms with Crippen LogP contribution in [0.15, 0.2) is 12.2 Å². The van der Waals surface area contributed by atoms with Crippen LogP contribution in [-0.4, -0.2) is 17.4 Å². The van der Waals surface area contributed by atoms with Crippen LogP contribution in [0.4, 0.5) is 0 Å². The second-order valence-corrected chi connectivity index (χ2v) is 2.61. The quantitative estimate of drug-likeness (QED) is 0.469. The monoisotopic (exact) mass is 142 g/mol. The molecule has 0 saturated heterocycles. The lowest BCUT2D eigenvalue weighted by atomic mass is 9.95. The normalized spacial score (nSPS) is 11.8. The van der Waals surface area contributed by atoms with Crippen LogP contribution in [-0.2, 0) is 9.59 Å². The third kappa shape index (κ3) is 3.83. The highest BCUT2D eigenvalue weighted by Gasteiger charge is 2.11. The number of rotatable bonds is 3. The number of aliphatic carboxylic acids is 1. The van der Waals surface area contributed by atoms with Crippen LogP contribution >= 0.6 is 0 Å². The lowest BCUT2D eigenvalue weighted by Gasteiger charge is -2.07. The Morgan fingerprint density at radius 3 is 2.30 bits per heavy atom. The van der Waals surface area contributed by atoms with Crippen LogP contribution < -0.4 is 0 Å². The van der Waals surface area contributed by atoms with E-state index < -0.39 is 11.4 Å². The maximum Gasteiger partial charge on any atom is 0.328 e. The molecular formula is C7H10O3. The van der Waals surface area contributed by atoms with Gasteiger partial charge in [0.15, 0.2) is 0 Å².